The Balaban J connectivity index is 2.37. The van der Waals surface area contributed by atoms with Crippen molar-refractivity contribution in [3.63, 3.8) is 0 Å². The largest absolute Gasteiger partial charge is 0.481 e. The van der Waals surface area contributed by atoms with Gasteiger partial charge in [-0.2, -0.15) is 0 Å². The van der Waals surface area contributed by atoms with E-state index in [9.17, 15) is 9.90 Å². The van der Waals surface area contributed by atoms with Gasteiger partial charge in [0.05, 0.1) is 58.8 Å². The molecule has 0 radical (unpaired) electrons. The minimum Gasteiger partial charge on any atom is -0.481 e. The van der Waals surface area contributed by atoms with Crippen LogP contribution in [-0.4, -0.2) is 116 Å². The van der Waals surface area contributed by atoms with Crippen molar-refractivity contribution in [1.82, 2.24) is 0 Å². The van der Waals surface area contributed by atoms with Crippen molar-refractivity contribution >= 4 is 5.97 Å². The van der Waals surface area contributed by atoms with Gasteiger partial charge in [-0.05, 0) is 12.8 Å². The fraction of sp³-hybridized carbons (Fsp3) is 0.971. The molecule has 1 N–H and O–H groups in total. The van der Waals surface area contributed by atoms with Gasteiger partial charge >= 0.3 is 5.97 Å². The van der Waals surface area contributed by atoms with Crippen molar-refractivity contribution in [2.75, 3.05) is 80.8 Å². The zero-order valence-electron chi connectivity index (χ0n) is 29.2. The van der Waals surface area contributed by atoms with Gasteiger partial charge in [-0.15, -0.1) is 0 Å². The molecule has 1 heterocycles. The van der Waals surface area contributed by atoms with E-state index in [4.69, 9.17) is 37.9 Å². The minimum absolute atomic E-state index is 0.258. The molecule has 0 bridgehead atoms. The summed E-state index contributed by atoms with van der Waals surface area (Å²) in [6.45, 7) is 5.82. The van der Waals surface area contributed by atoms with Gasteiger partial charge in [0.2, 0.25) is 0 Å². The molecule has 0 aliphatic carbocycles. The fourth-order valence-electron chi connectivity index (χ4n) is 5.74. The molecular weight excluding hydrogens is 580 g/mol. The number of methoxy groups -OCH3 is 3. The Hall–Kier alpha value is -0.850. The van der Waals surface area contributed by atoms with Crippen LogP contribution in [0.25, 0.3) is 0 Å². The summed E-state index contributed by atoms with van der Waals surface area (Å²) in [7, 11) is 4.89. The molecule has 0 aromatic carbocycles. The molecule has 0 amide bonds. The SMILES string of the molecule is CCCCCCCCCCCCCCCCC(CCOCC(OCCOC)C1OCC(OCCOC)C1OCCOC)C(=O)O. The van der Waals surface area contributed by atoms with Crippen molar-refractivity contribution in [3.8, 4) is 0 Å². The highest BCUT2D eigenvalue weighted by molar-refractivity contribution is 5.69. The van der Waals surface area contributed by atoms with Gasteiger partial charge in [0.15, 0.2) is 0 Å². The molecule has 268 valence electrons. The van der Waals surface area contributed by atoms with Gasteiger partial charge in [0.1, 0.15) is 24.4 Å². The van der Waals surface area contributed by atoms with E-state index in [1.165, 1.54) is 77.0 Å². The Morgan fingerprint density at radius 2 is 1.22 bits per heavy atom. The van der Waals surface area contributed by atoms with Crippen LogP contribution in [0.5, 0.6) is 0 Å². The summed E-state index contributed by atoms with van der Waals surface area (Å²) < 4.78 is 45.8. The van der Waals surface area contributed by atoms with Crippen LogP contribution in [0.2, 0.25) is 0 Å². The smallest absolute Gasteiger partial charge is 0.306 e. The van der Waals surface area contributed by atoms with Crippen LogP contribution in [0.1, 0.15) is 110 Å². The molecule has 5 atom stereocenters. The summed E-state index contributed by atoms with van der Waals surface area (Å²) in [5, 5.41) is 9.79. The molecule has 10 nitrogen and oxygen atoms in total. The second-order valence-electron chi connectivity index (χ2n) is 12.2. The molecule has 0 aromatic rings. The summed E-state index contributed by atoms with van der Waals surface area (Å²) in [5.41, 5.74) is 0. The highest BCUT2D eigenvalue weighted by atomic mass is 16.6. The molecule has 0 saturated carbocycles. The van der Waals surface area contributed by atoms with Crippen LogP contribution >= 0.6 is 0 Å². The molecule has 10 heteroatoms. The third kappa shape index (κ3) is 21.6. The molecule has 0 spiro atoms. The Kier molecular flexibility index (Phi) is 28.6. The van der Waals surface area contributed by atoms with E-state index in [1.807, 2.05) is 0 Å². The van der Waals surface area contributed by atoms with E-state index in [2.05, 4.69) is 6.92 Å². The Morgan fingerprint density at radius 3 is 1.78 bits per heavy atom. The van der Waals surface area contributed by atoms with Crippen LogP contribution < -0.4 is 0 Å². The maximum Gasteiger partial charge on any atom is 0.306 e. The third-order valence-electron chi connectivity index (χ3n) is 8.49. The number of rotatable bonds is 34. The van der Waals surface area contributed by atoms with Crippen LogP contribution in [0, 0.1) is 5.92 Å². The van der Waals surface area contributed by atoms with Gasteiger partial charge in [0, 0.05) is 27.9 Å². The molecule has 1 aliphatic rings. The predicted molar refractivity (Wildman–Crippen MR) is 176 cm³/mol. The lowest BCUT2D eigenvalue weighted by Crippen LogP contribution is -2.45. The van der Waals surface area contributed by atoms with Gasteiger partial charge in [0.25, 0.3) is 0 Å². The zero-order chi connectivity index (χ0) is 32.8. The van der Waals surface area contributed by atoms with Crippen LogP contribution in [0.3, 0.4) is 0 Å². The predicted octanol–water partition coefficient (Wildman–Crippen LogP) is 6.46. The average Bonchev–Trinajstić information content (AvgIpc) is 3.43. The number of carboxylic acids is 1. The third-order valence-corrected chi connectivity index (χ3v) is 8.49. The Labute approximate surface area is 274 Å². The first-order chi connectivity index (χ1) is 22.1. The number of carboxylic acid groups (broad SMARTS) is 1. The van der Waals surface area contributed by atoms with Crippen molar-refractivity contribution in [1.29, 1.82) is 0 Å². The number of aliphatic carboxylic acids is 1. The molecule has 1 fully saturated rings. The number of hydrogen-bond donors (Lipinski definition) is 1. The van der Waals surface area contributed by atoms with E-state index in [1.54, 1.807) is 21.3 Å². The van der Waals surface area contributed by atoms with Crippen molar-refractivity contribution in [2.24, 2.45) is 5.92 Å². The summed E-state index contributed by atoms with van der Waals surface area (Å²) >= 11 is 0. The lowest BCUT2D eigenvalue weighted by atomic mass is 9.97. The number of unbranched alkanes of at least 4 members (excludes halogenated alkanes) is 13. The fourth-order valence-corrected chi connectivity index (χ4v) is 5.74. The van der Waals surface area contributed by atoms with Crippen LogP contribution in [0.4, 0.5) is 0 Å². The maximum absolute atomic E-state index is 11.9. The zero-order valence-corrected chi connectivity index (χ0v) is 29.2. The van der Waals surface area contributed by atoms with E-state index >= 15 is 0 Å². The summed E-state index contributed by atoms with van der Waals surface area (Å²) in [4.78, 5) is 11.9. The first kappa shape index (κ1) is 42.2. The van der Waals surface area contributed by atoms with E-state index in [0.717, 1.165) is 12.8 Å². The molecule has 0 aromatic heterocycles. The van der Waals surface area contributed by atoms with E-state index < -0.39 is 24.1 Å². The highest BCUT2D eigenvalue weighted by Gasteiger charge is 2.44. The molecule has 45 heavy (non-hydrogen) atoms. The second kappa shape index (κ2) is 30.5. The average molecular weight is 649 g/mol. The number of ether oxygens (including phenoxy) is 8. The molecule has 1 rings (SSSR count). The molecule has 5 unspecified atom stereocenters. The summed E-state index contributed by atoms with van der Waals surface area (Å²) in [6, 6.07) is 0. The lowest BCUT2D eigenvalue weighted by Gasteiger charge is -2.29. The minimum atomic E-state index is -0.747. The summed E-state index contributed by atoms with van der Waals surface area (Å²) in [5.74, 6) is -1.15. The van der Waals surface area contributed by atoms with Gasteiger partial charge < -0.3 is 43.0 Å². The highest BCUT2D eigenvalue weighted by Crippen LogP contribution is 2.26. The first-order valence-corrected chi connectivity index (χ1v) is 17.8. The van der Waals surface area contributed by atoms with E-state index in [0.29, 0.717) is 65.7 Å². The Morgan fingerprint density at radius 1 is 0.689 bits per heavy atom. The monoisotopic (exact) mass is 648 g/mol. The van der Waals surface area contributed by atoms with Crippen molar-refractivity contribution in [2.45, 2.75) is 134 Å². The quantitative estimate of drug-likeness (QED) is 0.0781. The van der Waals surface area contributed by atoms with Gasteiger partial charge in [-0.1, -0.05) is 96.8 Å². The molecule has 1 aliphatic heterocycles. The van der Waals surface area contributed by atoms with Gasteiger partial charge in [-0.3, -0.25) is 4.79 Å². The van der Waals surface area contributed by atoms with Crippen molar-refractivity contribution < 1.29 is 47.8 Å². The standard InChI is InChI=1S/C35H68O10/c1-5-6-7-8-9-10-11-12-13-14-15-16-17-18-19-30(35(36)37)20-21-41-28-31(42-25-22-38-2)34-33(44-27-24-40-4)32(29-45-34)43-26-23-39-3/h30-34H,5-29H2,1-4H3,(H,36,37). The molecule has 1 saturated heterocycles. The Bertz CT molecular complexity index is 652. The number of carbonyl (C=O) groups is 1. The topological polar surface area (TPSA) is 111 Å². The van der Waals surface area contributed by atoms with Crippen LogP contribution in [0.15, 0.2) is 0 Å². The normalized spacial score (nSPS) is 19.7. The first-order valence-electron chi connectivity index (χ1n) is 17.8. The van der Waals surface area contributed by atoms with E-state index in [-0.39, 0.29) is 18.8 Å². The second-order valence-corrected chi connectivity index (χ2v) is 12.2. The lowest BCUT2D eigenvalue weighted by molar-refractivity contribution is -0.144. The summed E-state index contributed by atoms with van der Waals surface area (Å²) in [6.07, 6.45) is 17.8. The van der Waals surface area contributed by atoms with Crippen molar-refractivity contribution in [3.05, 3.63) is 0 Å². The van der Waals surface area contributed by atoms with Gasteiger partial charge in [-0.25, -0.2) is 0 Å². The van der Waals surface area contributed by atoms with Crippen LogP contribution in [-0.2, 0) is 42.7 Å². The molecular formula is C35H68O10. The maximum atomic E-state index is 11.9. The number of hydrogen-bond acceptors (Lipinski definition) is 9.